The number of methoxy groups -OCH3 is 1. The van der Waals surface area contributed by atoms with Gasteiger partial charge >= 0.3 is 5.97 Å². The first-order valence-electron chi connectivity index (χ1n) is 17.1. The first kappa shape index (κ1) is 36.8. The number of rotatable bonds is 13. The summed E-state index contributed by atoms with van der Waals surface area (Å²) in [6.45, 7) is 13.9. The number of hydrogen-bond acceptors (Lipinski definition) is 6. The Labute approximate surface area is 314 Å². The lowest BCUT2D eigenvalue weighted by Crippen LogP contribution is -2.24. The van der Waals surface area contributed by atoms with E-state index in [4.69, 9.17) is 32.7 Å². The van der Waals surface area contributed by atoms with Crippen molar-refractivity contribution in [2.24, 2.45) is 7.05 Å². The fourth-order valence-corrected chi connectivity index (χ4v) is 7.66. The van der Waals surface area contributed by atoms with E-state index in [-0.39, 0.29) is 5.69 Å². The number of aromatic nitrogens is 4. The average Bonchev–Trinajstić information content (AvgIpc) is 3.61. The van der Waals surface area contributed by atoms with E-state index in [1.54, 1.807) is 31.1 Å². The first-order chi connectivity index (χ1) is 24.9. The molecule has 6 rings (SSSR count). The SMILES string of the molecule is C=Cc1c(CCCOc2cc(C)c(Cl)c(C)c2)c2ccc(Cl)c(-c3c(C)ncnc3C)c2n1CCN(C)c1cc(OC)cc2cc(C(=O)O)n(C)c12. The number of benzene rings is 3. The van der Waals surface area contributed by atoms with Gasteiger partial charge in [0.1, 0.15) is 23.5 Å². The van der Waals surface area contributed by atoms with Gasteiger partial charge in [0.05, 0.1) is 35.5 Å². The summed E-state index contributed by atoms with van der Waals surface area (Å²) < 4.78 is 15.8. The molecular formula is C41H43Cl2N5O4. The van der Waals surface area contributed by atoms with E-state index < -0.39 is 5.97 Å². The number of carboxylic acids is 1. The zero-order chi connectivity index (χ0) is 37.4. The first-order valence-corrected chi connectivity index (χ1v) is 17.9. The van der Waals surface area contributed by atoms with E-state index in [2.05, 4.69) is 32.1 Å². The van der Waals surface area contributed by atoms with Crippen molar-refractivity contribution >= 4 is 62.7 Å². The fraction of sp³-hybridized carbons (Fsp3) is 0.293. The van der Waals surface area contributed by atoms with E-state index in [9.17, 15) is 9.90 Å². The summed E-state index contributed by atoms with van der Waals surface area (Å²) in [5, 5.41) is 13.1. The maximum absolute atomic E-state index is 12.1. The smallest absolute Gasteiger partial charge is 0.352 e. The monoisotopic (exact) mass is 739 g/mol. The molecule has 0 aliphatic rings. The van der Waals surface area contributed by atoms with Crippen molar-refractivity contribution in [2.75, 3.05) is 32.2 Å². The highest BCUT2D eigenvalue weighted by Gasteiger charge is 2.24. The summed E-state index contributed by atoms with van der Waals surface area (Å²) in [6.07, 6.45) is 5.01. The van der Waals surface area contributed by atoms with E-state index in [1.807, 2.05) is 71.2 Å². The van der Waals surface area contributed by atoms with Gasteiger partial charge in [0, 0.05) is 77.3 Å². The largest absolute Gasteiger partial charge is 0.497 e. The summed E-state index contributed by atoms with van der Waals surface area (Å²) in [4.78, 5) is 23.3. The minimum absolute atomic E-state index is 0.202. The number of halogens is 2. The molecule has 9 nitrogen and oxygen atoms in total. The lowest BCUT2D eigenvalue weighted by Gasteiger charge is -2.24. The van der Waals surface area contributed by atoms with Gasteiger partial charge in [-0.1, -0.05) is 35.8 Å². The van der Waals surface area contributed by atoms with Crippen LogP contribution in [0.15, 0.2) is 55.4 Å². The van der Waals surface area contributed by atoms with Gasteiger partial charge in [0.25, 0.3) is 0 Å². The number of hydrogen-bond donors (Lipinski definition) is 1. The molecule has 3 aromatic carbocycles. The highest BCUT2D eigenvalue weighted by molar-refractivity contribution is 6.35. The minimum atomic E-state index is -0.989. The molecule has 3 heterocycles. The van der Waals surface area contributed by atoms with Crippen molar-refractivity contribution in [3.63, 3.8) is 0 Å². The molecule has 0 bridgehead atoms. The maximum Gasteiger partial charge on any atom is 0.352 e. The molecule has 6 aromatic rings. The van der Waals surface area contributed by atoms with Crippen LogP contribution in [0.1, 0.15) is 50.7 Å². The standard InChI is InChI=1S/C41H43Cl2N5O4/c1-9-33-30(11-10-16-52-29-17-23(2)38(43)24(3)18-29)31-12-13-32(42)37(36-25(4)44-22-45-26(36)5)40(31)48(33)15-14-46(6)34-21-28(51-8)19-27-20-35(41(49)50)47(7)39(27)34/h9,12-13,17-22H,1,10-11,14-16H2,2-8H3,(H,49,50). The van der Waals surface area contributed by atoms with Gasteiger partial charge in [-0.3, -0.25) is 0 Å². The highest BCUT2D eigenvalue weighted by atomic mass is 35.5. The van der Waals surface area contributed by atoms with Crippen LogP contribution in [0.2, 0.25) is 10.0 Å². The summed E-state index contributed by atoms with van der Waals surface area (Å²) in [5.41, 5.74) is 10.5. The maximum atomic E-state index is 12.1. The molecular weight excluding hydrogens is 697 g/mol. The highest BCUT2D eigenvalue weighted by Crippen LogP contribution is 2.42. The van der Waals surface area contributed by atoms with Gasteiger partial charge in [0.15, 0.2) is 0 Å². The van der Waals surface area contributed by atoms with Gasteiger partial charge in [-0.25, -0.2) is 14.8 Å². The second-order valence-electron chi connectivity index (χ2n) is 13.2. The zero-order valence-corrected chi connectivity index (χ0v) is 32.1. The number of fused-ring (bicyclic) bond motifs is 2. The molecule has 0 atom stereocenters. The quantitative estimate of drug-likeness (QED) is 0.118. The predicted octanol–water partition coefficient (Wildman–Crippen LogP) is 9.63. The number of aromatic carboxylic acids is 1. The number of aryl methyl sites for hydroxylation is 6. The van der Waals surface area contributed by atoms with Crippen molar-refractivity contribution in [1.82, 2.24) is 19.1 Å². The van der Waals surface area contributed by atoms with Gasteiger partial charge in [0.2, 0.25) is 0 Å². The third-order valence-electron chi connectivity index (χ3n) is 9.85. The number of carboxylic acid groups (broad SMARTS) is 1. The Balaban J connectivity index is 1.42. The lowest BCUT2D eigenvalue weighted by molar-refractivity contribution is 0.0687. The topological polar surface area (TPSA) is 94.6 Å². The third-order valence-corrected chi connectivity index (χ3v) is 10.8. The summed E-state index contributed by atoms with van der Waals surface area (Å²) >= 11 is 13.5. The van der Waals surface area contributed by atoms with Crippen LogP contribution in [-0.4, -0.2) is 57.5 Å². The summed E-state index contributed by atoms with van der Waals surface area (Å²) in [7, 11) is 5.39. The normalized spacial score (nSPS) is 11.4. The summed E-state index contributed by atoms with van der Waals surface area (Å²) in [5.74, 6) is 0.461. The van der Waals surface area contributed by atoms with Gasteiger partial charge < -0.3 is 28.6 Å². The van der Waals surface area contributed by atoms with Crippen molar-refractivity contribution in [3.05, 3.63) is 105 Å². The molecule has 0 spiro atoms. The van der Waals surface area contributed by atoms with Crippen molar-refractivity contribution in [1.29, 1.82) is 0 Å². The lowest BCUT2D eigenvalue weighted by atomic mass is 9.98. The van der Waals surface area contributed by atoms with E-state index >= 15 is 0 Å². The van der Waals surface area contributed by atoms with Crippen LogP contribution in [0.4, 0.5) is 5.69 Å². The molecule has 11 heteroatoms. The van der Waals surface area contributed by atoms with Gasteiger partial charge in [-0.15, -0.1) is 0 Å². The molecule has 0 amide bonds. The van der Waals surface area contributed by atoms with Crippen LogP contribution >= 0.6 is 23.2 Å². The van der Waals surface area contributed by atoms with Gasteiger partial charge in [-0.2, -0.15) is 0 Å². The van der Waals surface area contributed by atoms with Gasteiger partial charge in [-0.05, 0) is 93.6 Å². The molecule has 1 N–H and O–H groups in total. The Kier molecular flexibility index (Phi) is 10.6. The van der Waals surface area contributed by atoms with Crippen LogP contribution in [0.3, 0.4) is 0 Å². The number of likely N-dealkylation sites (N-methyl/N-ethyl adjacent to an activating group) is 1. The molecule has 3 aromatic heterocycles. The van der Waals surface area contributed by atoms with Crippen LogP contribution in [0, 0.1) is 27.7 Å². The Hall–Kier alpha value is -4.99. The molecule has 0 aliphatic heterocycles. The number of anilines is 1. The van der Waals surface area contributed by atoms with Crippen LogP contribution in [-0.2, 0) is 20.0 Å². The molecule has 0 saturated heterocycles. The van der Waals surface area contributed by atoms with E-state index in [0.717, 1.165) is 96.0 Å². The molecule has 270 valence electrons. The second kappa shape index (κ2) is 14.9. The molecule has 0 unspecified atom stereocenters. The van der Waals surface area contributed by atoms with Crippen LogP contribution in [0.25, 0.3) is 39.0 Å². The van der Waals surface area contributed by atoms with Crippen LogP contribution in [0.5, 0.6) is 11.5 Å². The molecule has 0 saturated carbocycles. The predicted molar refractivity (Wildman–Crippen MR) is 212 cm³/mol. The Morgan fingerprint density at radius 3 is 2.31 bits per heavy atom. The molecule has 0 radical (unpaired) electrons. The van der Waals surface area contributed by atoms with Crippen molar-refractivity contribution in [3.8, 4) is 22.6 Å². The van der Waals surface area contributed by atoms with Crippen molar-refractivity contribution in [2.45, 2.75) is 47.1 Å². The minimum Gasteiger partial charge on any atom is -0.497 e. The number of nitrogens with zero attached hydrogens (tertiary/aromatic N) is 5. The fourth-order valence-electron chi connectivity index (χ4n) is 7.30. The average molecular weight is 741 g/mol. The zero-order valence-electron chi connectivity index (χ0n) is 30.6. The molecule has 0 fully saturated rings. The molecule has 52 heavy (non-hydrogen) atoms. The second-order valence-corrected chi connectivity index (χ2v) is 14.0. The number of carbonyl (C=O) groups is 1. The third kappa shape index (κ3) is 6.71. The van der Waals surface area contributed by atoms with E-state index in [0.29, 0.717) is 30.5 Å². The van der Waals surface area contributed by atoms with Crippen molar-refractivity contribution < 1.29 is 19.4 Å². The van der Waals surface area contributed by atoms with Crippen LogP contribution < -0.4 is 14.4 Å². The Morgan fingerprint density at radius 1 is 0.981 bits per heavy atom. The number of ether oxygens (including phenoxy) is 2. The van der Waals surface area contributed by atoms with E-state index in [1.165, 1.54) is 0 Å². The summed E-state index contributed by atoms with van der Waals surface area (Å²) in [6, 6.07) is 13.5. The Bertz CT molecular complexity index is 2320. The molecule has 0 aliphatic carbocycles. The Morgan fingerprint density at radius 2 is 1.67 bits per heavy atom.